The summed E-state index contributed by atoms with van der Waals surface area (Å²) in [6.07, 6.45) is 5.36. The van der Waals surface area contributed by atoms with Crippen molar-refractivity contribution in [3.05, 3.63) is 42.7 Å². The Morgan fingerprint density at radius 1 is 1.29 bits per heavy atom. The van der Waals surface area contributed by atoms with E-state index in [-0.39, 0.29) is 17.8 Å². The highest BCUT2D eigenvalue weighted by molar-refractivity contribution is 5.76. The normalized spacial score (nSPS) is 15.5. The topological polar surface area (TPSA) is 54.3 Å². The van der Waals surface area contributed by atoms with Crippen LogP contribution >= 0.6 is 0 Å². The Bertz CT molecular complexity index is 650. The van der Waals surface area contributed by atoms with Gasteiger partial charge in [-0.2, -0.15) is 5.10 Å². The Kier molecular flexibility index (Phi) is 5.08. The molecule has 0 bridgehead atoms. The fourth-order valence-electron chi connectivity index (χ4n) is 3.10. The first-order valence-corrected chi connectivity index (χ1v) is 8.22. The number of halogens is 1. The average molecular weight is 331 g/mol. The summed E-state index contributed by atoms with van der Waals surface area (Å²) >= 11 is 0. The first kappa shape index (κ1) is 16.4. The van der Waals surface area contributed by atoms with Crippen LogP contribution in [0.2, 0.25) is 0 Å². The zero-order valence-corrected chi connectivity index (χ0v) is 13.8. The molecule has 2 heterocycles. The standard InChI is InChI=1S/C17H22FN5O/c1-21(17(24)8-11-23-13-19-12-20-23)15-6-9-22(10-7-15)16-4-2-14(18)3-5-16/h2-5,12-13,15H,6-11H2,1H3. The van der Waals surface area contributed by atoms with Gasteiger partial charge in [-0.15, -0.1) is 0 Å². The summed E-state index contributed by atoms with van der Waals surface area (Å²) in [4.78, 5) is 20.3. The van der Waals surface area contributed by atoms with E-state index in [9.17, 15) is 9.18 Å². The van der Waals surface area contributed by atoms with Crippen LogP contribution in [-0.4, -0.2) is 51.8 Å². The first-order chi connectivity index (χ1) is 11.6. The minimum Gasteiger partial charge on any atom is -0.371 e. The summed E-state index contributed by atoms with van der Waals surface area (Å²) in [6.45, 7) is 2.30. The quantitative estimate of drug-likeness (QED) is 0.840. The van der Waals surface area contributed by atoms with Crippen molar-refractivity contribution in [1.29, 1.82) is 0 Å². The number of aromatic nitrogens is 3. The van der Waals surface area contributed by atoms with E-state index < -0.39 is 0 Å². The molecule has 2 aromatic rings. The summed E-state index contributed by atoms with van der Waals surface area (Å²) in [5, 5.41) is 4.01. The Morgan fingerprint density at radius 2 is 2.00 bits per heavy atom. The molecule has 1 aliphatic heterocycles. The number of hydrogen-bond acceptors (Lipinski definition) is 4. The highest BCUT2D eigenvalue weighted by Crippen LogP contribution is 2.22. The zero-order valence-electron chi connectivity index (χ0n) is 13.8. The Balaban J connectivity index is 1.48. The molecule has 0 spiro atoms. The van der Waals surface area contributed by atoms with E-state index in [4.69, 9.17) is 0 Å². The largest absolute Gasteiger partial charge is 0.371 e. The van der Waals surface area contributed by atoms with E-state index in [2.05, 4.69) is 15.0 Å². The van der Waals surface area contributed by atoms with Crippen molar-refractivity contribution in [2.24, 2.45) is 0 Å². The number of carbonyl (C=O) groups excluding carboxylic acids is 1. The molecular formula is C17H22FN5O. The fraction of sp³-hybridized carbons (Fsp3) is 0.471. The zero-order chi connectivity index (χ0) is 16.9. The van der Waals surface area contributed by atoms with E-state index in [0.29, 0.717) is 13.0 Å². The van der Waals surface area contributed by atoms with E-state index in [1.807, 2.05) is 24.1 Å². The van der Waals surface area contributed by atoms with E-state index in [0.717, 1.165) is 31.6 Å². The first-order valence-electron chi connectivity index (χ1n) is 8.22. The molecule has 0 N–H and O–H groups in total. The van der Waals surface area contributed by atoms with Crippen molar-refractivity contribution in [3.8, 4) is 0 Å². The van der Waals surface area contributed by atoms with Crippen molar-refractivity contribution in [1.82, 2.24) is 19.7 Å². The SMILES string of the molecule is CN(C(=O)CCn1cncn1)C1CCN(c2ccc(F)cc2)CC1. The lowest BCUT2D eigenvalue weighted by atomic mass is 10.0. The summed E-state index contributed by atoms with van der Waals surface area (Å²) in [6, 6.07) is 6.85. The maximum Gasteiger partial charge on any atom is 0.224 e. The highest BCUT2D eigenvalue weighted by Gasteiger charge is 2.25. The average Bonchev–Trinajstić information content (AvgIpc) is 3.13. The smallest absolute Gasteiger partial charge is 0.224 e. The van der Waals surface area contributed by atoms with Crippen molar-refractivity contribution < 1.29 is 9.18 Å². The molecule has 1 aliphatic rings. The van der Waals surface area contributed by atoms with Crippen LogP contribution in [0.15, 0.2) is 36.9 Å². The molecule has 0 unspecified atom stereocenters. The van der Waals surface area contributed by atoms with Gasteiger partial charge in [-0.25, -0.2) is 9.37 Å². The van der Waals surface area contributed by atoms with E-state index >= 15 is 0 Å². The molecule has 1 saturated heterocycles. The maximum absolute atomic E-state index is 13.0. The van der Waals surface area contributed by atoms with E-state index in [1.54, 1.807) is 11.0 Å². The van der Waals surface area contributed by atoms with Crippen LogP contribution in [0.3, 0.4) is 0 Å². The molecule has 1 amide bonds. The van der Waals surface area contributed by atoms with Gasteiger partial charge < -0.3 is 9.80 Å². The molecule has 128 valence electrons. The maximum atomic E-state index is 13.0. The third-order valence-electron chi connectivity index (χ3n) is 4.62. The monoisotopic (exact) mass is 331 g/mol. The number of piperidine rings is 1. The second kappa shape index (κ2) is 7.42. The Labute approximate surface area is 140 Å². The number of benzene rings is 1. The molecule has 0 saturated carbocycles. The number of rotatable bonds is 5. The van der Waals surface area contributed by atoms with Gasteiger partial charge in [0.1, 0.15) is 18.5 Å². The number of amides is 1. The minimum atomic E-state index is -0.216. The molecule has 0 aliphatic carbocycles. The van der Waals surface area contributed by atoms with Crippen LogP contribution in [0.25, 0.3) is 0 Å². The van der Waals surface area contributed by atoms with Gasteiger partial charge in [-0.05, 0) is 37.1 Å². The lowest BCUT2D eigenvalue weighted by Crippen LogP contribution is -2.45. The molecule has 3 rings (SSSR count). The number of aryl methyl sites for hydroxylation is 1. The lowest BCUT2D eigenvalue weighted by molar-refractivity contribution is -0.132. The van der Waals surface area contributed by atoms with Crippen molar-refractivity contribution in [2.45, 2.75) is 31.8 Å². The van der Waals surface area contributed by atoms with E-state index in [1.165, 1.54) is 18.5 Å². The van der Waals surface area contributed by atoms with Gasteiger partial charge in [-0.3, -0.25) is 9.48 Å². The van der Waals surface area contributed by atoms with Gasteiger partial charge in [0.25, 0.3) is 0 Å². The fourth-order valence-corrected chi connectivity index (χ4v) is 3.10. The van der Waals surface area contributed by atoms with Crippen LogP contribution in [0.5, 0.6) is 0 Å². The van der Waals surface area contributed by atoms with Gasteiger partial charge >= 0.3 is 0 Å². The summed E-state index contributed by atoms with van der Waals surface area (Å²) < 4.78 is 14.7. The van der Waals surface area contributed by atoms with Gasteiger partial charge in [-0.1, -0.05) is 0 Å². The summed E-state index contributed by atoms with van der Waals surface area (Å²) in [5.41, 5.74) is 1.04. The van der Waals surface area contributed by atoms with Crippen LogP contribution in [0.4, 0.5) is 10.1 Å². The second-order valence-electron chi connectivity index (χ2n) is 6.11. The third-order valence-corrected chi connectivity index (χ3v) is 4.62. The number of anilines is 1. The third kappa shape index (κ3) is 3.90. The van der Waals surface area contributed by atoms with Crippen LogP contribution < -0.4 is 4.90 Å². The molecule has 0 atom stereocenters. The second-order valence-corrected chi connectivity index (χ2v) is 6.11. The highest BCUT2D eigenvalue weighted by atomic mass is 19.1. The number of hydrogen-bond donors (Lipinski definition) is 0. The van der Waals surface area contributed by atoms with Crippen molar-refractivity contribution >= 4 is 11.6 Å². The van der Waals surface area contributed by atoms with Gasteiger partial charge in [0.2, 0.25) is 5.91 Å². The van der Waals surface area contributed by atoms with Crippen LogP contribution in [0, 0.1) is 5.82 Å². The van der Waals surface area contributed by atoms with Crippen LogP contribution in [0.1, 0.15) is 19.3 Å². The molecule has 1 aromatic heterocycles. The lowest BCUT2D eigenvalue weighted by Gasteiger charge is -2.38. The number of carbonyl (C=O) groups is 1. The van der Waals surface area contributed by atoms with Crippen molar-refractivity contribution in [3.63, 3.8) is 0 Å². The van der Waals surface area contributed by atoms with Crippen LogP contribution in [-0.2, 0) is 11.3 Å². The number of nitrogens with zero attached hydrogens (tertiary/aromatic N) is 5. The molecule has 1 fully saturated rings. The predicted molar refractivity (Wildman–Crippen MR) is 89.0 cm³/mol. The van der Waals surface area contributed by atoms with Gasteiger partial charge in [0, 0.05) is 38.3 Å². The minimum absolute atomic E-state index is 0.130. The Hall–Kier alpha value is -2.44. The predicted octanol–water partition coefficient (Wildman–Crippen LogP) is 1.93. The molecule has 6 nitrogen and oxygen atoms in total. The molecule has 0 radical (unpaired) electrons. The molecular weight excluding hydrogens is 309 g/mol. The van der Waals surface area contributed by atoms with Gasteiger partial charge in [0.15, 0.2) is 0 Å². The molecule has 1 aromatic carbocycles. The molecule has 24 heavy (non-hydrogen) atoms. The summed E-state index contributed by atoms with van der Waals surface area (Å²) in [7, 11) is 1.88. The Morgan fingerprint density at radius 3 is 2.62 bits per heavy atom. The van der Waals surface area contributed by atoms with Crippen molar-refractivity contribution in [2.75, 3.05) is 25.0 Å². The van der Waals surface area contributed by atoms with Gasteiger partial charge in [0.05, 0.1) is 6.54 Å². The molecule has 7 heteroatoms. The summed E-state index contributed by atoms with van der Waals surface area (Å²) in [5.74, 6) is -0.0860.